The summed E-state index contributed by atoms with van der Waals surface area (Å²) in [4.78, 5) is 35.7. The molecule has 7 nitrogen and oxygen atoms in total. The Bertz CT molecular complexity index is 394. The second kappa shape index (κ2) is 5.46. The molecule has 2 atom stereocenters. The number of hydrogen-bond acceptors (Lipinski definition) is 3. The number of rotatable bonds is 4. The standard InChI is InChI=1S/C12H19N3O4/c1-7-9(11(17)18)4-5-15(7)12(19)13-6-10(16)14-8-2-3-8/h7-9H,2-6H2,1H3,(H,13,19)(H,14,16)(H,17,18). The highest BCUT2D eigenvalue weighted by molar-refractivity contribution is 5.85. The quantitative estimate of drug-likeness (QED) is 0.656. The van der Waals surface area contributed by atoms with Gasteiger partial charge < -0.3 is 20.6 Å². The first-order chi connectivity index (χ1) is 8.99. The molecule has 1 aliphatic carbocycles. The van der Waals surface area contributed by atoms with E-state index in [2.05, 4.69) is 10.6 Å². The second-order valence-electron chi connectivity index (χ2n) is 5.17. The molecule has 1 heterocycles. The zero-order valence-corrected chi connectivity index (χ0v) is 10.9. The molecule has 0 aromatic heterocycles. The van der Waals surface area contributed by atoms with Crippen LogP contribution in [0.15, 0.2) is 0 Å². The number of amides is 3. The van der Waals surface area contributed by atoms with Crippen LogP contribution in [0, 0.1) is 5.92 Å². The maximum Gasteiger partial charge on any atom is 0.318 e. The molecule has 7 heteroatoms. The Labute approximate surface area is 111 Å². The number of nitrogens with zero attached hydrogens (tertiary/aromatic N) is 1. The van der Waals surface area contributed by atoms with Crippen LogP contribution in [0.4, 0.5) is 4.79 Å². The van der Waals surface area contributed by atoms with Gasteiger partial charge in [0, 0.05) is 18.6 Å². The average molecular weight is 269 g/mol. The third kappa shape index (κ3) is 3.36. The minimum absolute atomic E-state index is 0.0592. The van der Waals surface area contributed by atoms with E-state index in [4.69, 9.17) is 5.11 Å². The van der Waals surface area contributed by atoms with Gasteiger partial charge in [0.25, 0.3) is 0 Å². The van der Waals surface area contributed by atoms with Crippen molar-refractivity contribution in [3.63, 3.8) is 0 Å². The molecular weight excluding hydrogens is 250 g/mol. The highest BCUT2D eigenvalue weighted by Gasteiger charge is 2.38. The van der Waals surface area contributed by atoms with E-state index in [1.807, 2.05) is 0 Å². The molecule has 2 unspecified atom stereocenters. The van der Waals surface area contributed by atoms with Crippen molar-refractivity contribution in [1.29, 1.82) is 0 Å². The Balaban J connectivity index is 1.76. The Kier molecular flexibility index (Phi) is 3.92. The van der Waals surface area contributed by atoms with Crippen molar-refractivity contribution >= 4 is 17.9 Å². The summed E-state index contributed by atoms with van der Waals surface area (Å²) >= 11 is 0. The number of carbonyl (C=O) groups is 3. The van der Waals surface area contributed by atoms with Crippen LogP contribution in [0.25, 0.3) is 0 Å². The topological polar surface area (TPSA) is 98.7 Å². The van der Waals surface area contributed by atoms with Crippen LogP contribution >= 0.6 is 0 Å². The van der Waals surface area contributed by atoms with Gasteiger partial charge in [0.2, 0.25) is 5.91 Å². The van der Waals surface area contributed by atoms with E-state index in [1.165, 1.54) is 4.90 Å². The number of urea groups is 1. The van der Waals surface area contributed by atoms with Gasteiger partial charge in [0.15, 0.2) is 0 Å². The molecule has 1 saturated carbocycles. The fraction of sp³-hybridized carbons (Fsp3) is 0.750. The Morgan fingerprint density at radius 1 is 1.26 bits per heavy atom. The van der Waals surface area contributed by atoms with Crippen LogP contribution in [-0.2, 0) is 9.59 Å². The van der Waals surface area contributed by atoms with Crippen LogP contribution in [0.5, 0.6) is 0 Å². The summed E-state index contributed by atoms with van der Waals surface area (Å²) < 4.78 is 0. The highest BCUT2D eigenvalue weighted by atomic mass is 16.4. The normalized spacial score (nSPS) is 26.1. The largest absolute Gasteiger partial charge is 0.481 e. The van der Waals surface area contributed by atoms with Gasteiger partial charge in [-0.1, -0.05) is 0 Å². The lowest BCUT2D eigenvalue weighted by Gasteiger charge is -2.23. The first-order valence-electron chi connectivity index (χ1n) is 6.55. The van der Waals surface area contributed by atoms with Crippen LogP contribution in [0.3, 0.4) is 0 Å². The van der Waals surface area contributed by atoms with Crippen LogP contribution in [-0.4, -0.2) is 53.1 Å². The van der Waals surface area contributed by atoms with Gasteiger partial charge in [0.1, 0.15) is 0 Å². The lowest BCUT2D eigenvalue weighted by atomic mass is 10.0. The lowest BCUT2D eigenvalue weighted by molar-refractivity contribution is -0.142. The molecule has 2 rings (SSSR count). The minimum atomic E-state index is -0.880. The summed E-state index contributed by atoms with van der Waals surface area (Å²) in [7, 11) is 0. The van der Waals surface area contributed by atoms with Crippen molar-refractivity contribution in [1.82, 2.24) is 15.5 Å². The molecule has 0 spiro atoms. The summed E-state index contributed by atoms with van der Waals surface area (Å²) in [6.07, 6.45) is 2.46. The number of likely N-dealkylation sites (tertiary alicyclic amines) is 1. The smallest absolute Gasteiger partial charge is 0.318 e. The van der Waals surface area contributed by atoms with E-state index in [0.29, 0.717) is 13.0 Å². The van der Waals surface area contributed by atoms with Gasteiger partial charge >= 0.3 is 12.0 Å². The zero-order valence-electron chi connectivity index (χ0n) is 10.9. The maximum atomic E-state index is 11.9. The molecule has 3 N–H and O–H groups in total. The minimum Gasteiger partial charge on any atom is -0.481 e. The Morgan fingerprint density at radius 2 is 1.95 bits per heavy atom. The zero-order chi connectivity index (χ0) is 14.0. The third-order valence-electron chi connectivity index (χ3n) is 3.68. The summed E-state index contributed by atoms with van der Waals surface area (Å²) in [6.45, 7) is 2.07. The summed E-state index contributed by atoms with van der Waals surface area (Å²) in [5, 5.41) is 14.3. The van der Waals surface area contributed by atoms with Crippen molar-refractivity contribution in [3.05, 3.63) is 0 Å². The van der Waals surface area contributed by atoms with Gasteiger partial charge in [-0.3, -0.25) is 9.59 Å². The fourth-order valence-electron chi connectivity index (χ4n) is 2.32. The molecule has 2 aliphatic rings. The Hall–Kier alpha value is -1.79. The predicted octanol–water partition coefficient (Wildman–Crippen LogP) is -0.230. The fourth-order valence-corrected chi connectivity index (χ4v) is 2.32. The molecule has 0 aromatic rings. The van der Waals surface area contributed by atoms with Gasteiger partial charge in [-0.15, -0.1) is 0 Å². The van der Waals surface area contributed by atoms with Crippen LogP contribution < -0.4 is 10.6 Å². The number of carboxylic acids is 1. The number of nitrogens with one attached hydrogen (secondary N) is 2. The molecule has 1 aliphatic heterocycles. The summed E-state index contributed by atoms with van der Waals surface area (Å²) in [5.74, 6) is -1.60. The molecule has 0 bridgehead atoms. The van der Waals surface area contributed by atoms with E-state index in [0.717, 1.165) is 12.8 Å². The summed E-state index contributed by atoms with van der Waals surface area (Å²) in [5.41, 5.74) is 0. The van der Waals surface area contributed by atoms with E-state index in [1.54, 1.807) is 6.92 Å². The molecule has 3 amide bonds. The number of carboxylic acid groups (broad SMARTS) is 1. The molecule has 0 aromatic carbocycles. The van der Waals surface area contributed by atoms with Gasteiger partial charge in [-0.2, -0.15) is 0 Å². The van der Waals surface area contributed by atoms with E-state index in [-0.39, 0.29) is 30.6 Å². The molecule has 2 fully saturated rings. The predicted molar refractivity (Wildman–Crippen MR) is 66.5 cm³/mol. The van der Waals surface area contributed by atoms with Crippen molar-refractivity contribution in [2.24, 2.45) is 5.92 Å². The molecule has 0 radical (unpaired) electrons. The first kappa shape index (κ1) is 13.6. The number of hydrogen-bond donors (Lipinski definition) is 3. The monoisotopic (exact) mass is 269 g/mol. The maximum absolute atomic E-state index is 11.9. The molecular formula is C12H19N3O4. The summed E-state index contributed by atoms with van der Waals surface area (Å²) in [6, 6.07) is -0.447. The van der Waals surface area contributed by atoms with Crippen LogP contribution in [0.2, 0.25) is 0 Å². The molecule has 19 heavy (non-hydrogen) atoms. The number of aliphatic carboxylic acids is 1. The van der Waals surface area contributed by atoms with Crippen LogP contribution in [0.1, 0.15) is 26.2 Å². The third-order valence-corrected chi connectivity index (χ3v) is 3.68. The van der Waals surface area contributed by atoms with E-state index >= 15 is 0 Å². The average Bonchev–Trinajstić information content (AvgIpc) is 3.06. The molecule has 106 valence electrons. The van der Waals surface area contributed by atoms with Gasteiger partial charge in [-0.25, -0.2) is 4.79 Å². The second-order valence-corrected chi connectivity index (χ2v) is 5.17. The first-order valence-corrected chi connectivity index (χ1v) is 6.55. The van der Waals surface area contributed by atoms with Crippen molar-refractivity contribution < 1.29 is 19.5 Å². The lowest BCUT2D eigenvalue weighted by Crippen LogP contribution is -2.47. The van der Waals surface area contributed by atoms with Crippen molar-refractivity contribution in [2.45, 2.75) is 38.3 Å². The van der Waals surface area contributed by atoms with Gasteiger partial charge in [0.05, 0.1) is 12.5 Å². The highest BCUT2D eigenvalue weighted by Crippen LogP contribution is 2.24. The SMILES string of the molecule is CC1C(C(=O)O)CCN1C(=O)NCC(=O)NC1CC1. The number of carbonyl (C=O) groups excluding carboxylic acids is 2. The van der Waals surface area contributed by atoms with Crippen molar-refractivity contribution in [2.75, 3.05) is 13.1 Å². The van der Waals surface area contributed by atoms with E-state index < -0.39 is 11.9 Å². The van der Waals surface area contributed by atoms with E-state index in [9.17, 15) is 14.4 Å². The Morgan fingerprint density at radius 3 is 2.47 bits per heavy atom. The molecule has 1 saturated heterocycles. The van der Waals surface area contributed by atoms with Crippen molar-refractivity contribution in [3.8, 4) is 0 Å². The van der Waals surface area contributed by atoms with Gasteiger partial charge in [-0.05, 0) is 26.2 Å².